The molecule has 0 aliphatic rings. The number of rotatable bonds is 5. The number of carbonyl (C=O) groups excluding carboxylic acids is 1. The van der Waals surface area contributed by atoms with Crippen molar-refractivity contribution < 1.29 is 4.79 Å². The average Bonchev–Trinajstić information content (AvgIpc) is 2.37. The van der Waals surface area contributed by atoms with Crippen LogP contribution in [0.2, 0.25) is 0 Å². The molecule has 0 aromatic heterocycles. The fraction of sp³-hybridized carbons (Fsp3) is 0.353. The maximum Gasteiger partial charge on any atom is 0.224 e. The summed E-state index contributed by atoms with van der Waals surface area (Å²) in [7, 11) is 0. The van der Waals surface area contributed by atoms with Crippen molar-refractivity contribution in [2.45, 2.75) is 32.2 Å². The van der Waals surface area contributed by atoms with Crippen LogP contribution in [0.4, 0.5) is 0 Å². The minimum absolute atomic E-state index is 0.0405. The van der Waals surface area contributed by atoms with Crippen LogP contribution in [0.5, 0.6) is 0 Å². The molecule has 1 amide bonds. The van der Waals surface area contributed by atoms with Crippen molar-refractivity contribution in [2.24, 2.45) is 5.73 Å². The lowest BCUT2D eigenvalue weighted by molar-refractivity contribution is -0.122. The first-order chi connectivity index (χ1) is 9.50. The van der Waals surface area contributed by atoms with E-state index in [1.54, 1.807) is 0 Å². The second kappa shape index (κ2) is 6.06. The van der Waals surface area contributed by atoms with Gasteiger partial charge in [-0.1, -0.05) is 42.5 Å². The van der Waals surface area contributed by atoms with Crippen LogP contribution < -0.4 is 11.1 Å². The minimum atomic E-state index is -0.247. The van der Waals surface area contributed by atoms with E-state index in [0.29, 0.717) is 13.0 Å². The third kappa shape index (κ3) is 3.81. The predicted octanol–water partition coefficient (Wildman–Crippen LogP) is 2.63. The van der Waals surface area contributed by atoms with Gasteiger partial charge in [0, 0.05) is 5.54 Å². The highest BCUT2D eigenvalue weighted by Crippen LogP contribution is 2.16. The molecule has 106 valence electrons. The highest BCUT2D eigenvalue weighted by molar-refractivity contribution is 5.85. The molecule has 0 atom stereocenters. The Kier molecular flexibility index (Phi) is 4.40. The molecule has 0 saturated carbocycles. The highest BCUT2D eigenvalue weighted by Gasteiger charge is 2.19. The van der Waals surface area contributed by atoms with E-state index in [2.05, 4.69) is 29.6 Å². The molecule has 0 aliphatic heterocycles. The number of nitrogens with two attached hydrogens (primary N) is 1. The Bertz CT molecular complexity index is 605. The molecule has 0 fully saturated rings. The molecule has 0 radical (unpaired) electrons. The quantitative estimate of drug-likeness (QED) is 0.877. The average molecular weight is 270 g/mol. The van der Waals surface area contributed by atoms with Crippen molar-refractivity contribution in [2.75, 3.05) is 6.54 Å². The molecule has 0 saturated heterocycles. The Balaban J connectivity index is 2.06. The molecule has 2 rings (SSSR count). The third-order valence-corrected chi connectivity index (χ3v) is 3.43. The SMILES string of the molecule is CC(C)(CCN)NC(=O)Cc1ccc2ccccc2c1. The molecule has 2 aromatic carbocycles. The Labute approximate surface area is 120 Å². The monoisotopic (exact) mass is 270 g/mol. The fourth-order valence-corrected chi connectivity index (χ4v) is 2.38. The van der Waals surface area contributed by atoms with E-state index < -0.39 is 0 Å². The van der Waals surface area contributed by atoms with Gasteiger partial charge in [-0.3, -0.25) is 4.79 Å². The zero-order chi connectivity index (χ0) is 14.6. The minimum Gasteiger partial charge on any atom is -0.351 e. The van der Waals surface area contributed by atoms with Gasteiger partial charge in [0.25, 0.3) is 0 Å². The largest absolute Gasteiger partial charge is 0.351 e. The zero-order valence-electron chi connectivity index (χ0n) is 12.1. The van der Waals surface area contributed by atoms with Gasteiger partial charge in [0.15, 0.2) is 0 Å². The van der Waals surface area contributed by atoms with Gasteiger partial charge in [0.05, 0.1) is 6.42 Å². The summed E-state index contributed by atoms with van der Waals surface area (Å²) in [6.07, 6.45) is 1.18. The van der Waals surface area contributed by atoms with E-state index in [0.717, 1.165) is 12.0 Å². The lowest BCUT2D eigenvalue weighted by Crippen LogP contribution is -2.45. The summed E-state index contributed by atoms with van der Waals surface area (Å²) < 4.78 is 0. The molecule has 20 heavy (non-hydrogen) atoms. The number of benzene rings is 2. The first-order valence-electron chi connectivity index (χ1n) is 6.99. The molecular formula is C17H22N2O. The first kappa shape index (κ1) is 14.5. The van der Waals surface area contributed by atoms with Gasteiger partial charge in [0.1, 0.15) is 0 Å². The van der Waals surface area contributed by atoms with Gasteiger partial charge in [-0.25, -0.2) is 0 Å². The van der Waals surface area contributed by atoms with E-state index >= 15 is 0 Å². The topological polar surface area (TPSA) is 55.1 Å². The third-order valence-electron chi connectivity index (χ3n) is 3.43. The molecule has 0 spiro atoms. The van der Waals surface area contributed by atoms with Crippen molar-refractivity contribution >= 4 is 16.7 Å². The van der Waals surface area contributed by atoms with Gasteiger partial charge < -0.3 is 11.1 Å². The summed E-state index contributed by atoms with van der Waals surface area (Å²) in [6, 6.07) is 14.3. The van der Waals surface area contributed by atoms with Crippen LogP contribution in [-0.2, 0) is 11.2 Å². The lowest BCUT2D eigenvalue weighted by Gasteiger charge is -2.25. The Morgan fingerprint density at radius 3 is 2.55 bits per heavy atom. The number of fused-ring (bicyclic) bond motifs is 1. The Morgan fingerprint density at radius 1 is 1.15 bits per heavy atom. The molecule has 0 heterocycles. The van der Waals surface area contributed by atoms with Crippen LogP contribution in [0.25, 0.3) is 10.8 Å². The van der Waals surface area contributed by atoms with E-state index in [-0.39, 0.29) is 11.4 Å². The number of hydrogen-bond donors (Lipinski definition) is 2. The maximum atomic E-state index is 12.1. The molecule has 0 aliphatic carbocycles. The van der Waals surface area contributed by atoms with E-state index in [1.165, 1.54) is 10.8 Å². The molecule has 3 nitrogen and oxygen atoms in total. The van der Waals surface area contributed by atoms with Gasteiger partial charge in [-0.15, -0.1) is 0 Å². The van der Waals surface area contributed by atoms with Gasteiger partial charge in [-0.2, -0.15) is 0 Å². The number of amides is 1. The number of hydrogen-bond acceptors (Lipinski definition) is 2. The summed E-state index contributed by atoms with van der Waals surface area (Å²) >= 11 is 0. The fourth-order valence-electron chi connectivity index (χ4n) is 2.38. The number of nitrogens with one attached hydrogen (secondary N) is 1. The second-order valence-electron chi connectivity index (χ2n) is 5.83. The van der Waals surface area contributed by atoms with Crippen molar-refractivity contribution in [1.82, 2.24) is 5.32 Å². The van der Waals surface area contributed by atoms with Gasteiger partial charge >= 0.3 is 0 Å². The summed E-state index contributed by atoms with van der Waals surface area (Å²) in [6.45, 7) is 4.57. The van der Waals surface area contributed by atoms with Crippen molar-refractivity contribution in [1.29, 1.82) is 0 Å². The molecule has 2 aromatic rings. The molecular weight excluding hydrogens is 248 g/mol. The standard InChI is InChI=1S/C17H22N2O/c1-17(2,9-10-18)19-16(20)12-13-7-8-14-5-3-4-6-15(14)11-13/h3-8,11H,9-10,12,18H2,1-2H3,(H,19,20). The van der Waals surface area contributed by atoms with Crippen molar-refractivity contribution in [3.8, 4) is 0 Å². The van der Waals surface area contributed by atoms with Crippen LogP contribution >= 0.6 is 0 Å². The van der Waals surface area contributed by atoms with Crippen LogP contribution in [0.1, 0.15) is 25.8 Å². The first-order valence-corrected chi connectivity index (χ1v) is 6.99. The predicted molar refractivity (Wildman–Crippen MR) is 83.5 cm³/mol. The summed E-state index contributed by atoms with van der Waals surface area (Å²) in [4.78, 5) is 12.1. The lowest BCUT2D eigenvalue weighted by atomic mass is 9.99. The van der Waals surface area contributed by atoms with Crippen LogP contribution in [0, 0.1) is 0 Å². The summed E-state index contributed by atoms with van der Waals surface area (Å²) in [5.74, 6) is 0.0405. The van der Waals surface area contributed by atoms with E-state index in [9.17, 15) is 4.79 Å². The van der Waals surface area contributed by atoms with E-state index in [1.807, 2.05) is 32.0 Å². The van der Waals surface area contributed by atoms with Crippen molar-refractivity contribution in [3.05, 3.63) is 48.0 Å². The molecule has 3 N–H and O–H groups in total. The van der Waals surface area contributed by atoms with Crippen LogP contribution in [0.15, 0.2) is 42.5 Å². The molecule has 3 heteroatoms. The summed E-state index contributed by atoms with van der Waals surface area (Å²) in [5.41, 5.74) is 6.34. The zero-order valence-corrected chi connectivity index (χ0v) is 12.1. The van der Waals surface area contributed by atoms with Crippen molar-refractivity contribution in [3.63, 3.8) is 0 Å². The number of carbonyl (C=O) groups is 1. The van der Waals surface area contributed by atoms with E-state index in [4.69, 9.17) is 5.73 Å². The van der Waals surface area contributed by atoms with Crippen LogP contribution in [-0.4, -0.2) is 18.0 Å². The highest BCUT2D eigenvalue weighted by atomic mass is 16.1. The Morgan fingerprint density at radius 2 is 1.85 bits per heavy atom. The second-order valence-corrected chi connectivity index (χ2v) is 5.83. The maximum absolute atomic E-state index is 12.1. The Hall–Kier alpha value is -1.87. The van der Waals surface area contributed by atoms with Crippen LogP contribution in [0.3, 0.4) is 0 Å². The van der Waals surface area contributed by atoms with Gasteiger partial charge in [0.2, 0.25) is 5.91 Å². The smallest absolute Gasteiger partial charge is 0.224 e. The molecule has 0 bridgehead atoms. The summed E-state index contributed by atoms with van der Waals surface area (Å²) in [5, 5.41) is 5.40. The normalized spacial score (nSPS) is 11.6. The molecule has 0 unspecified atom stereocenters. The van der Waals surface area contributed by atoms with Gasteiger partial charge in [-0.05, 0) is 43.1 Å².